The molecular weight excluding hydrogens is 264 g/mol. The Morgan fingerprint density at radius 2 is 2.15 bits per heavy atom. The van der Waals surface area contributed by atoms with E-state index < -0.39 is 0 Å². The van der Waals surface area contributed by atoms with E-state index in [0.29, 0.717) is 0 Å². The largest absolute Gasteiger partial charge is 0.303 e. The van der Waals surface area contributed by atoms with E-state index in [9.17, 15) is 0 Å². The quantitative estimate of drug-likeness (QED) is 0.790. The molecule has 2 atom stereocenters. The summed E-state index contributed by atoms with van der Waals surface area (Å²) in [6.07, 6.45) is 12.2. The van der Waals surface area contributed by atoms with E-state index in [2.05, 4.69) is 24.5 Å². The molecule has 1 aromatic rings. The van der Waals surface area contributed by atoms with Crippen molar-refractivity contribution in [3.8, 4) is 0 Å². The predicted octanol–water partition coefficient (Wildman–Crippen LogP) is 4.78. The molecule has 0 aliphatic heterocycles. The number of thiazole rings is 1. The van der Waals surface area contributed by atoms with E-state index in [-0.39, 0.29) is 5.54 Å². The standard InChI is InChI=1S/C17H28N2S/c1-3-5-14-6-4-10-17(11-9-14,19-15-7-8-15)16-18-13(2)12-20-16/h12,14-15,19H,3-11H2,1-2H3. The first kappa shape index (κ1) is 14.5. The van der Waals surface area contributed by atoms with Crippen LogP contribution in [0.15, 0.2) is 5.38 Å². The molecular formula is C17H28N2S. The molecule has 2 nitrogen and oxygen atoms in total. The van der Waals surface area contributed by atoms with E-state index in [1.165, 1.54) is 68.5 Å². The second kappa shape index (κ2) is 6.15. The molecule has 1 aromatic heterocycles. The SMILES string of the molecule is CCCC1CCCC(NC2CC2)(c2nc(C)cs2)CC1. The van der Waals surface area contributed by atoms with Crippen molar-refractivity contribution in [1.82, 2.24) is 10.3 Å². The predicted molar refractivity (Wildman–Crippen MR) is 86.2 cm³/mol. The van der Waals surface area contributed by atoms with Crippen LogP contribution < -0.4 is 5.32 Å². The Kier molecular flexibility index (Phi) is 4.46. The fraction of sp³-hybridized carbons (Fsp3) is 0.824. The van der Waals surface area contributed by atoms with Crippen LogP contribution in [0.1, 0.15) is 75.4 Å². The van der Waals surface area contributed by atoms with E-state index in [1.54, 1.807) is 0 Å². The zero-order valence-electron chi connectivity index (χ0n) is 13.0. The zero-order chi connectivity index (χ0) is 14.0. The van der Waals surface area contributed by atoms with Crippen molar-refractivity contribution in [2.45, 2.75) is 83.2 Å². The molecule has 2 saturated carbocycles. The number of hydrogen-bond donors (Lipinski definition) is 1. The van der Waals surface area contributed by atoms with E-state index in [0.717, 1.165) is 12.0 Å². The Bertz CT molecular complexity index is 438. The van der Waals surface area contributed by atoms with Gasteiger partial charge in [-0.05, 0) is 44.9 Å². The van der Waals surface area contributed by atoms with Crippen LogP contribution in [0.3, 0.4) is 0 Å². The second-order valence-electron chi connectivity index (χ2n) is 6.88. The molecule has 1 N–H and O–H groups in total. The van der Waals surface area contributed by atoms with E-state index >= 15 is 0 Å². The molecule has 2 fully saturated rings. The number of nitrogens with one attached hydrogen (secondary N) is 1. The maximum absolute atomic E-state index is 4.86. The number of nitrogens with zero attached hydrogens (tertiary/aromatic N) is 1. The summed E-state index contributed by atoms with van der Waals surface area (Å²) in [5.74, 6) is 0.948. The maximum Gasteiger partial charge on any atom is 0.113 e. The van der Waals surface area contributed by atoms with Crippen molar-refractivity contribution < 1.29 is 0 Å². The molecule has 3 rings (SSSR count). The first-order valence-electron chi connectivity index (χ1n) is 8.42. The van der Waals surface area contributed by atoms with Gasteiger partial charge in [0.2, 0.25) is 0 Å². The van der Waals surface area contributed by atoms with Crippen molar-refractivity contribution in [2.24, 2.45) is 5.92 Å². The lowest BCUT2D eigenvalue weighted by atomic mass is 9.89. The van der Waals surface area contributed by atoms with Crippen molar-refractivity contribution >= 4 is 11.3 Å². The van der Waals surface area contributed by atoms with E-state index in [4.69, 9.17) is 4.98 Å². The van der Waals surface area contributed by atoms with Gasteiger partial charge in [-0.2, -0.15) is 0 Å². The molecule has 0 aromatic carbocycles. The average Bonchev–Trinajstić information content (AvgIpc) is 3.17. The Balaban J connectivity index is 1.78. The van der Waals surface area contributed by atoms with Crippen LogP contribution in [0.4, 0.5) is 0 Å². The van der Waals surface area contributed by atoms with Gasteiger partial charge in [0, 0.05) is 17.1 Å². The Labute approximate surface area is 127 Å². The minimum Gasteiger partial charge on any atom is -0.303 e. The smallest absolute Gasteiger partial charge is 0.113 e. The van der Waals surface area contributed by atoms with Gasteiger partial charge in [0.25, 0.3) is 0 Å². The summed E-state index contributed by atoms with van der Waals surface area (Å²) in [6.45, 7) is 4.45. The summed E-state index contributed by atoms with van der Waals surface area (Å²) < 4.78 is 0. The fourth-order valence-electron chi connectivity index (χ4n) is 3.72. The van der Waals surface area contributed by atoms with Gasteiger partial charge in [0.15, 0.2) is 0 Å². The average molecular weight is 292 g/mol. The highest BCUT2D eigenvalue weighted by atomic mass is 32.1. The summed E-state index contributed by atoms with van der Waals surface area (Å²) >= 11 is 1.87. The third-order valence-electron chi connectivity index (χ3n) is 4.98. The van der Waals surface area contributed by atoms with Crippen LogP contribution in [0, 0.1) is 12.8 Å². The summed E-state index contributed by atoms with van der Waals surface area (Å²) in [4.78, 5) is 4.86. The highest BCUT2D eigenvalue weighted by Crippen LogP contribution is 2.42. The monoisotopic (exact) mass is 292 g/mol. The van der Waals surface area contributed by atoms with Crippen LogP contribution in [-0.2, 0) is 5.54 Å². The minimum atomic E-state index is 0.197. The first-order chi connectivity index (χ1) is 9.72. The van der Waals surface area contributed by atoms with Crippen LogP contribution in [-0.4, -0.2) is 11.0 Å². The summed E-state index contributed by atoms with van der Waals surface area (Å²) in [6, 6.07) is 0.766. The van der Waals surface area contributed by atoms with Crippen LogP contribution in [0.2, 0.25) is 0 Å². The summed E-state index contributed by atoms with van der Waals surface area (Å²) in [5.41, 5.74) is 1.39. The zero-order valence-corrected chi connectivity index (χ0v) is 13.8. The Morgan fingerprint density at radius 3 is 2.80 bits per heavy atom. The number of aromatic nitrogens is 1. The number of rotatable bonds is 5. The molecule has 20 heavy (non-hydrogen) atoms. The van der Waals surface area contributed by atoms with Crippen molar-refractivity contribution in [1.29, 1.82) is 0 Å². The molecule has 2 aliphatic rings. The van der Waals surface area contributed by atoms with Gasteiger partial charge in [0.1, 0.15) is 5.01 Å². The fourth-order valence-corrected chi connectivity index (χ4v) is 4.74. The molecule has 0 spiro atoms. The van der Waals surface area contributed by atoms with Gasteiger partial charge in [-0.15, -0.1) is 11.3 Å². The number of hydrogen-bond acceptors (Lipinski definition) is 3. The van der Waals surface area contributed by atoms with Crippen molar-refractivity contribution in [3.63, 3.8) is 0 Å². The third-order valence-corrected chi connectivity index (χ3v) is 6.14. The molecule has 2 aliphatic carbocycles. The summed E-state index contributed by atoms with van der Waals surface area (Å²) in [5, 5.41) is 7.57. The third kappa shape index (κ3) is 3.25. The van der Waals surface area contributed by atoms with Crippen LogP contribution >= 0.6 is 11.3 Å². The second-order valence-corrected chi connectivity index (χ2v) is 7.74. The topological polar surface area (TPSA) is 24.9 Å². The van der Waals surface area contributed by atoms with Gasteiger partial charge in [-0.25, -0.2) is 4.98 Å². The molecule has 0 radical (unpaired) electrons. The number of aryl methyl sites for hydroxylation is 1. The van der Waals surface area contributed by atoms with Gasteiger partial charge >= 0.3 is 0 Å². The highest BCUT2D eigenvalue weighted by Gasteiger charge is 2.40. The van der Waals surface area contributed by atoms with Crippen LogP contribution in [0.25, 0.3) is 0 Å². The lowest BCUT2D eigenvalue weighted by Crippen LogP contribution is -2.43. The summed E-state index contributed by atoms with van der Waals surface area (Å²) in [7, 11) is 0. The Hall–Kier alpha value is -0.410. The van der Waals surface area contributed by atoms with Gasteiger partial charge in [-0.1, -0.05) is 32.6 Å². The molecule has 0 saturated heterocycles. The van der Waals surface area contributed by atoms with Crippen molar-refractivity contribution in [3.05, 3.63) is 16.1 Å². The van der Waals surface area contributed by atoms with Gasteiger partial charge < -0.3 is 5.32 Å². The van der Waals surface area contributed by atoms with Crippen LogP contribution in [0.5, 0.6) is 0 Å². The Morgan fingerprint density at radius 1 is 1.30 bits per heavy atom. The molecule has 0 bridgehead atoms. The normalized spacial score (nSPS) is 31.2. The molecule has 2 unspecified atom stereocenters. The molecule has 112 valence electrons. The molecule has 3 heteroatoms. The van der Waals surface area contributed by atoms with Gasteiger partial charge in [-0.3, -0.25) is 0 Å². The van der Waals surface area contributed by atoms with Gasteiger partial charge in [0.05, 0.1) is 5.54 Å². The molecule has 0 amide bonds. The molecule has 1 heterocycles. The highest BCUT2D eigenvalue weighted by molar-refractivity contribution is 7.09. The lowest BCUT2D eigenvalue weighted by Gasteiger charge is -2.32. The minimum absolute atomic E-state index is 0.197. The first-order valence-corrected chi connectivity index (χ1v) is 9.30. The van der Waals surface area contributed by atoms with Crippen molar-refractivity contribution in [2.75, 3.05) is 0 Å². The van der Waals surface area contributed by atoms with E-state index in [1.807, 2.05) is 11.3 Å². The lowest BCUT2D eigenvalue weighted by molar-refractivity contribution is 0.279. The maximum atomic E-state index is 4.86.